The van der Waals surface area contributed by atoms with Crippen molar-refractivity contribution in [3.8, 4) is 0 Å². The molecule has 2 heterocycles. The Morgan fingerprint density at radius 2 is 1.26 bits per heavy atom. The van der Waals surface area contributed by atoms with Crippen LogP contribution in [0.15, 0.2) is 22.2 Å². The average molecular weight is 491 g/mol. The standard InChI is InChI=1S/C8H11F3N2O3S.C8H14N2O3S/c1-3-13-6(14)5(17(2,15)16)4-12-7(13)8(9,10)11;1-4-10-6(2)9-5-7(8(10)11)14(3,12)13/h4,7,12H,3H2,1-2H3;5-6,9H,4H2,1-3H3. The normalized spacial score (nSPS) is 22.6. The number of carbonyl (C=O) groups is 2. The molecule has 0 aromatic carbocycles. The molecule has 2 aliphatic rings. The molecule has 2 aliphatic heterocycles. The molecule has 10 nitrogen and oxygen atoms in total. The summed E-state index contributed by atoms with van der Waals surface area (Å²) in [6.07, 6.45) is -3.34. The number of alkyl halides is 3. The van der Waals surface area contributed by atoms with Gasteiger partial charge in [-0.15, -0.1) is 0 Å². The third kappa shape index (κ3) is 6.35. The van der Waals surface area contributed by atoms with Gasteiger partial charge in [-0.25, -0.2) is 16.8 Å². The zero-order chi connectivity index (χ0) is 24.4. The fourth-order valence-electron chi connectivity index (χ4n) is 2.78. The molecule has 0 aromatic rings. The van der Waals surface area contributed by atoms with Gasteiger partial charge in [0, 0.05) is 38.0 Å². The van der Waals surface area contributed by atoms with Crippen molar-refractivity contribution in [2.24, 2.45) is 0 Å². The number of amides is 2. The number of likely N-dealkylation sites (N-methyl/N-ethyl adjacent to an activating group) is 2. The molecule has 2 atom stereocenters. The van der Waals surface area contributed by atoms with E-state index >= 15 is 0 Å². The Balaban J connectivity index is 0.000000316. The summed E-state index contributed by atoms with van der Waals surface area (Å²) < 4.78 is 82.4. The largest absolute Gasteiger partial charge is 0.427 e. The van der Waals surface area contributed by atoms with E-state index in [1.54, 1.807) is 13.8 Å². The fourth-order valence-corrected chi connectivity index (χ4v) is 4.21. The molecule has 0 saturated heterocycles. The zero-order valence-corrected chi connectivity index (χ0v) is 19.2. The Bertz CT molecular complexity index is 989. The molecule has 0 spiro atoms. The van der Waals surface area contributed by atoms with Crippen LogP contribution in [0.3, 0.4) is 0 Å². The minimum atomic E-state index is -4.66. The van der Waals surface area contributed by atoms with Crippen LogP contribution < -0.4 is 10.6 Å². The number of hydrogen-bond donors (Lipinski definition) is 2. The summed E-state index contributed by atoms with van der Waals surface area (Å²) in [6, 6.07) is 0. The Hall–Kier alpha value is -2.29. The van der Waals surface area contributed by atoms with Crippen LogP contribution >= 0.6 is 0 Å². The number of sulfone groups is 2. The second-order valence-corrected chi connectivity index (χ2v) is 10.7. The smallest absolute Gasteiger partial charge is 0.370 e. The van der Waals surface area contributed by atoms with E-state index in [-0.39, 0.29) is 17.6 Å². The number of nitrogens with one attached hydrogen (secondary N) is 2. The molecule has 0 saturated carbocycles. The minimum Gasteiger partial charge on any atom is -0.370 e. The maximum atomic E-state index is 12.5. The Morgan fingerprint density at radius 1 is 0.871 bits per heavy atom. The van der Waals surface area contributed by atoms with Crippen LogP contribution in [0, 0.1) is 0 Å². The molecule has 2 N–H and O–H groups in total. The van der Waals surface area contributed by atoms with Gasteiger partial charge in [0.05, 0.1) is 6.17 Å². The predicted molar refractivity (Wildman–Crippen MR) is 106 cm³/mol. The van der Waals surface area contributed by atoms with Gasteiger partial charge in [-0.3, -0.25) is 9.59 Å². The predicted octanol–water partition coefficient (Wildman–Crippen LogP) is -0.117. The third-order valence-electron chi connectivity index (χ3n) is 4.34. The van der Waals surface area contributed by atoms with Crippen molar-refractivity contribution in [3.63, 3.8) is 0 Å². The first-order valence-corrected chi connectivity index (χ1v) is 12.8. The molecule has 0 aliphatic carbocycles. The second-order valence-electron chi connectivity index (χ2n) is 6.70. The maximum Gasteiger partial charge on any atom is 0.427 e. The molecule has 2 unspecified atom stereocenters. The van der Waals surface area contributed by atoms with E-state index in [1.807, 2.05) is 5.32 Å². The molecular weight excluding hydrogens is 465 g/mol. The molecule has 2 rings (SSSR count). The number of rotatable bonds is 4. The van der Waals surface area contributed by atoms with Gasteiger partial charge in [0.1, 0.15) is 9.81 Å². The highest BCUT2D eigenvalue weighted by atomic mass is 32.2. The van der Waals surface area contributed by atoms with E-state index in [0.717, 1.165) is 12.5 Å². The first-order chi connectivity index (χ1) is 14.0. The van der Waals surface area contributed by atoms with E-state index in [9.17, 15) is 39.6 Å². The van der Waals surface area contributed by atoms with Crippen molar-refractivity contribution in [1.82, 2.24) is 20.4 Å². The van der Waals surface area contributed by atoms with Gasteiger partial charge in [0.25, 0.3) is 11.8 Å². The second kappa shape index (κ2) is 9.46. The van der Waals surface area contributed by atoms with E-state index in [2.05, 4.69) is 5.32 Å². The Labute approximate surface area is 179 Å². The van der Waals surface area contributed by atoms with Crippen LogP contribution in [0.4, 0.5) is 13.2 Å². The first kappa shape index (κ1) is 26.7. The summed E-state index contributed by atoms with van der Waals surface area (Å²) >= 11 is 0. The quantitative estimate of drug-likeness (QED) is 0.558. The SMILES string of the molecule is CCN1C(=O)C(S(C)(=O)=O)=CNC1C.CCN1C(=O)C(S(C)(=O)=O)=CNC1C(F)(F)F. The Kier molecular flexibility index (Phi) is 8.16. The van der Waals surface area contributed by atoms with Gasteiger partial charge >= 0.3 is 6.18 Å². The fraction of sp³-hybridized carbons (Fsp3) is 0.625. The lowest BCUT2D eigenvalue weighted by atomic mass is 10.3. The number of hydrogen-bond acceptors (Lipinski definition) is 8. The van der Waals surface area contributed by atoms with Crippen LogP contribution in [0.5, 0.6) is 0 Å². The summed E-state index contributed by atoms with van der Waals surface area (Å²) in [5, 5.41) is 4.72. The van der Waals surface area contributed by atoms with Gasteiger partial charge in [-0.2, -0.15) is 13.2 Å². The molecule has 15 heteroatoms. The van der Waals surface area contributed by atoms with Crippen LogP contribution in [0.1, 0.15) is 20.8 Å². The lowest BCUT2D eigenvalue weighted by Gasteiger charge is -2.35. The van der Waals surface area contributed by atoms with E-state index in [1.165, 1.54) is 18.0 Å². The lowest BCUT2D eigenvalue weighted by Crippen LogP contribution is -2.58. The van der Waals surface area contributed by atoms with Gasteiger partial charge in [-0.1, -0.05) is 0 Å². The number of carbonyl (C=O) groups excluding carboxylic acids is 2. The summed E-state index contributed by atoms with van der Waals surface area (Å²) in [5.74, 6) is -1.57. The first-order valence-electron chi connectivity index (χ1n) is 8.97. The third-order valence-corrected chi connectivity index (χ3v) is 6.52. The van der Waals surface area contributed by atoms with Gasteiger partial charge in [0.2, 0.25) is 0 Å². The molecule has 0 bridgehead atoms. The molecule has 178 valence electrons. The monoisotopic (exact) mass is 490 g/mol. The minimum absolute atomic E-state index is 0.155. The summed E-state index contributed by atoms with van der Waals surface area (Å²) in [7, 11) is -7.28. The highest BCUT2D eigenvalue weighted by Gasteiger charge is 2.48. The molecular formula is C16H25F3N4O6S2. The number of halogens is 3. The summed E-state index contributed by atoms with van der Waals surface area (Å²) in [6.45, 7) is 5.19. The topological polar surface area (TPSA) is 133 Å². The van der Waals surface area contributed by atoms with Gasteiger partial charge < -0.3 is 20.4 Å². The van der Waals surface area contributed by atoms with Crippen molar-refractivity contribution in [1.29, 1.82) is 0 Å². The van der Waals surface area contributed by atoms with E-state index < -0.39 is 48.7 Å². The highest BCUT2D eigenvalue weighted by Crippen LogP contribution is 2.27. The van der Waals surface area contributed by atoms with Gasteiger partial charge in [0.15, 0.2) is 25.8 Å². The molecule has 2 amide bonds. The lowest BCUT2D eigenvalue weighted by molar-refractivity contribution is -0.194. The van der Waals surface area contributed by atoms with Crippen LogP contribution in [-0.2, 0) is 29.3 Å². The van der Waals surface area contributed by atoms with Crippen molar-refractivity contribution in [2.75, 3.05) is 25.6 Å². The Morgan fingerprint density at radius 3 is 1.61 bits per heavy atom. The van der Waals surface area contributed by atoms with E-state index in [0.29, 0.717) is 17.6 Å². The van der Waals surface area contributed by atoms with E-state index in [4.69, 9.17) is 0 Å². The zero-order valence-electron chi connectivity index (χ0n) is 17.5. The van der Waals surface area contributed by atoms with Crippen molar-refractivity contribution in [2.45, 2.75) is 39.3 Å². The highest BCUT2D eigenvalue weighted by molar-refractivity contribution is 7.95. The van der Waals surface area contributed by atoms with Crippen molar-refractivity contribution < 1.29 is 39.6 Å². The summed E-state index contributed by atoms with van der Waals surface area (Å²) in [5.41, 5.74) is 0. The molecule has 0 aromatic heterocycles. The molecule has 0 fully saturated rings. The van der Waals surface area contributed by atoms with Crippen LogP contribution in [0.25, 0.3) is 0 Å². The average Bonchev–Trinajstić information content (AvgIpc) is 2.59. The molecule has 0 radical (unpaired) electrons. The number of nitrogens with zero attached hydrogens (tertiary/aromatic N) is 2. The molecule has 31 heavy (non-hydrogen) atoms. The van der Waals surface area contributed by atoms with Gasteiger partial charge in [-0.05, 0) is 20.8 Å². The van der Waals surface area contributed by atoms with Crippen LogP contribution in [-0.4, -0.2) is 82.6 Å². The van der Waals surface area contributed by atoms with Crippen molar-refractivity contribution >= 4 is 31.5 Å². The maximum absolute atomic E-state index is 12.5. The van der Waals surface area contributed by atoms with Crippen LogP contribution in [0.2, 0.25) is 0 Å². The summed E-state index contributed by atoms with van der Waals surface area (Å²) in [4.78, 5) is 24.3. The van der Waals surface area contributed by atoms with Crippen molar-refractivity contribution in [3.05, 3.63) is 22.2 Å².